The SMILES string of the molecule is Cc1c(Oc2ccc(S(=O)(=O)N(C)C)cc2)c2ccccc2n1C/C(F)=C/CN.Cl. The first kappa shape index (κ1) is 23.9. The van der Waals surface area contributed by atoms with Crippen molar-refractivity contribution in [2.45, 2.75) is 18.4 Å². The van der Waals surface area contributed by atoms with Gasteiger partial charge in [0, 0.05) is 26.0 Å². The number of allylic oxidation sites excluding steroid dienone is 1. The zero-order valence-corrected chi connectivity index (χ0v) is 18.6. The Morgan fingerprint density at radius 3 is 2.40 bits per heavy atom. The summed E-state index contributed by atoms with van der Waals surface area (Å²) in [5, 5.41) is 0.843. The van der Waals surface area contributed by atoms with E-state index < -0.39 is 10.0 Å². The van der Waals surface area contributed by atoms with Crippen molar-refractivity contribution in [3.63, 3.8) is 0 Å². The van der Waals surface area contributed by atoms with Crippen LogP contribution in [0.4, 0.5) is 4.39 Å². The molecule has 0 amide bonds. The van der Waals surface area contributed by atoms with Crippen LogP contribution in [0.15, 0.2) is 65.3 Å². The third-order valence-electron chi connectivity index (χ3n) is 4.64. The molecule has 1 aromatic heterocycles. The van der Waals surface area contributed by atoms with Crippen molar-refractivity contribution in [3.8, 4) is 11.5 Å². The van der Waals surface area contributed by atoms with Crippen LogP contribution in [0.2, 0.25) is 0 Å². The molecule has 0 fully saturated rings. The average Bonchev–Trinajstić information content (AvgIpc) is 2.94. The molecule has 0 spiro atoms. The Morgan fingerprint density at radius 1 is 1.17 bits per heavy atom. The zero-order chi connectivity index (χ0) is 21.2. The predicted molar refractivity (Wildman–Crippen MR) is 120 cm³/mol. The molecule has 2 aromatic carbocycles. The van der Waals surface area contributed by atoms with Crippen LogP contribution in [-0.2, 0) is 16.6 Å². The number of hydrogen-bond donors (Lipinski definition) is 1. The van der Waals surface area contributed by atoms with Crippen LogP contribution < -0.4 is 10.5 Å². The van der Waals surface area contributed by atoms with Crippen LogP contribution in [0, 0.1) is 6.92 Å². The van der Waals surface area contributed by atoms with E-state index in [4.69, 9.17) is 10.5 Å². The Balaban J connectivity index is 0.00000320. The molecule has 9 heteroatoms. The fraction of sp³-hybridized carbons (Fsp3) is 0.238. The number of nitrogens with two attached hydrogens (primary N) is 1. The van der Waals surface area contributed by atoms with E-state index in [2.05, 4.69) is 0 Å². The first-order chi connectivity index (χ1) is 13.8. The number of benzene rings is 2. The van der Waals surface area contributed by atoms with Crippen molar-refractivity contribution in [1.29, 1.82) is 0 Å². The molecule has 6 nitrogen and oxygen atoms in total. The second-order valence-electron chi connectivity index (χ2n) is 6.77. The van der Waals surface area contributed by atoms with Crippen LogP contribution in [0.25, 0.3) is 10.9 Å². The van der Waals surface area contributed by atoms with Gasteiger partial charge >= 0.3 is 0 Å². The maximum atomic E-state index is 14.1. The van der Waals surface area contributed by atoms with Crippen molar-refractivity contribution in [1.82, 2.24) is 8.87 Å². The molecule has 0 atom stereocenters. The summed E-state index contributed by atoms with van der Waals surface area (Å²) in [6.07, 6.45) is 1.35. The molecule has 162 valence electrons. The van der Waals surface area contributed by atoms with Crippen LogP contribution in [0.5, 0.6) is 11.5 Å². The number of hydrogen-bond acceptors (Lipinski definition) is 4. The van der Waals surface area contributed by atoms with Crippen molar-refractivity contribution in [2.75, 3.05) is 20.6 Å². The monoisotopic (exact) mass is 453 g/mol. The summed E-state index contributed by atoms with van der Waals surface area (Å²) in [5.74, 6) is 0.775. The van der Waals surface area contributed by atoms with E-state index in [1.165, 1.54) is 32.3 Å². The Labute approximate surface area is 182 Å². The Bertz CT molecular complexity index is 1160. The highest BCUT2D eigenvalue weighted by molar-refractivity contribution is 7.89. The minimum absolute atomic E-state index is 0. The Kier molecular flexibility index (Phi) is 7.65. The van der Waals surface area contributed by atoms with Crippen LogP contribution in [-0.4, -0.2) is 37.9 Å². The number of nitrogens with zero attached hydrogens (tertiary/aromatic N) is 2. The fourth-order valence-corrected chi connectivity index (χ4v) is 3.99. The van der Waals surface area contributed by atoms with Gasteiger partial charge in [0.05, 0.1) is 22.7 Å². The van der Waals surface area contributed by atoms with E-state index in [0.29, 0.717) is 11.5 Å². The fourth-order valence-electron chi connectivity index (χ4n) is 3.08. The van der Waals surface area contributed by atoms with Gasteiger partial charge in [0.1, 0.15) is 11.6 Å². The standard InChI is InChI=1S/C21H24FN3O3S.ClH/c1-15-21(28-17-8-10-18(11-9-17)29(26,27)24(2)3)19-6-4-5-7-20(19)25(15)14-16(22)12-13-23;/h4-12H,13-14,23H2,1-3H3;1H/b16-12-;. The maximum absolute atomic E-state index is 14.1. The van der Waals surface area contributed by atoms with Crippen LogP contribution >= 0.6 is 12.4 Å². The average molecular weight is 454 g/mol. The Morgan fingerprint density at radius 2 is 1.80 bits per heavy atom. The van der Waals surface area contributed by atoms with E-state index >= 15 is 0 Å². The van der Waals surface area contributed by atoms with Gasteiger partial charge in [-0.3, -0.25) is 0 Å². The molecule has 0 saturated carbocycles. The molecule has 0 unspecified atom stereocenters. The number of halogens is 2. The third kappa shape index (κ3) is 4.67. The normalized spacial score (nSPS) is 12.3. The second kappa shape index (κ2) is 9.61. The molecule has 0 aliphatic rings. The molecule has 2 N–H and O–H groups in total. The zero-order valence-electron chi connectivity index (χ0n) is 17.0. The molecule has 1 heterocycles. The molecule has 0 saturated heterocycles. The molecule has 0 aliphatic carbocycles. The number of rotatable bonds is 7. The second-order valence-corrected chi connectivity index (χ2v) is 8.92. The third-order valence-corrected chi connectivity index (χ3v) is 6.47. The molecule has 3 rings (SSSR count). The summed E-state index contributed by atoms with van der Waals surface area (Å²) in [6.45, 7) is 2.05. The quantitative estimate of drug-likeness (QED) is 0.580. The van der Waals surface area contributed by atoms with Gasteiger partial charge in [-0.15, -0.1) is 12.4 Å². The summed E-state index contributed by atoms with van der Waals surface area (Å²) in [5.41, 5.74) is 7.01. The molecular weight excluding hydrogens is 429 g/mol. The number of aromatic nitrogens is 1. The summed E-state index contributed by atoms with van der Waals surface area (Å²) >= 11 is 0. The van der Waals surface area contributed by atoms with Gasteiger partial charge < -0.3 is 15.0 Å². The highest BCUT2D eigenvalue weighted by Crippen LogP contribution is 2.36. The Hall–Kier alpha value is -2.39. The van der Waals surface area contributed by atoms with Crippen molar-refractivity contribution in [3.05, 3.63) is 66.1 Å². The summed E-state index contributed by atoms with van der Waals surface area (Å²) in [7, 11) is -0.544. The van der Waals surface area contributed by atoms with Crippen molar-refractivity contribution >= 4 is 33.3 Å². The molecule has 0 radical (unpaired) electrons. The highest BCUT2D eigenvalue weighted by atomic mass is 35.5. The first-order valence-corrected chi connectivity index (χ1v) is 10.5. The van der Waals surface area contributed by atoms with E-state index in [-0.39, 0.29) is 36.2 Å². The number of para-hydroxylation sites is 1. The summed E-state index contributed by atoms with van der Waals surface area (Å²) in [4.78, 5) is 0.183. The topological polar surface area (TPSA) is 77.6 Å². The first-order valence-electron chi connectivity index (χ1n) is 9.08. The van der Waals surface area contributed by atoms with Crippen molar-refractivity contribution < 1.29 is 17.5 Å². The van der Waals surface area contributed by atoms with E-state index in [1.807, 2.05) is 35.8 Å². The minimum atomic E-state index is -3.51. The largest absolute Gasteiger partial charge is 0.455 e. The lowest BCUT2D eigenvalue weighted by Crippen LogP contribution is -2.22. The van der Waals surface area contributed by atoms with Gasteiger partial charge in [0.25, 0.3) is 0 Å². The number of ether oxygens (including phenoxy) is 1. The van der Waals surface area contributed by atoms with Gasteiger partial charge in [0.15, 0.2) is 5.75 Å². The molecule has 30 heavy (non-hydrogen) atoms. The molecule has 3 aromatic rings. The molecular formula is C21H25ClFN3O3S. The maximum Gasteiger partial charge on any atom is 0.242 e. The van der Waals surface area contributed by atoms with E-state index in [1.54, 1.807) is 12.1 Å². The van der Waals surface area contributed by atoms with Gasteiger partial charge in [-0.2, -0.15) is 0 Å². The van der Waals surface area contributed by atoms with Crippen LogP contribution in [0.1, 0.15) is 5.69 Å². The number of fused-ring (bicyclic) bond motifs is 1. The lowest BCUT2D eigenvalue weighted by Gasteiger charge is -2.12. The van der Waals surface area contributed by atoms with Gasteiger partial charge in [-0.1, -0.05) is 12.1 Å². The minimum Gasteiger partial charge on any atom is -0.455 e. The van der Waals surface area contributed by atoms with E-state index in [9.17, 15) is 12.8 Å². The van der Waals surface area contributed by atoms with Gasteiger partial charge in [-0.25, -0.2) is 17.1 Å². The lowest BCUT2D eigenvalue weighted by molar-refractivity contribution is 0.477. The summed E-state index contributed by atoms with van der Waals surface area (Å²) in [6, 6.07) is 13.8. The van der Waals surface area contributed by atoms with E-state index in [0.717, 1.165) is 20.9 Å². The van der Waals surface area contributed by atoms with Crippen molar-refractivity contribution in [2.24, 2.45) is 5.73 Å². The molecule has 0 aliphatic heterocycles. The number of sulfonamides is 1. The van der Waals surface area contributed by atoms with Gasteiger partial charge in [-0.05, 0) is 49.4 Å². The molecule has 0 bridgehead atoms. The smallest absolute Gasteiger partial charge is 0.242 e. The summed E-state index contributed by atoms with van der Waals surface area (Å²) < 4.78 is 47.6. The van der Waals surface area contributed by atoms with Crippen LogP contribution in [0.3, 0.4) is 0 Å². The van der Waals surface area contributed by atoms with Gasteiger partial charge in [0.2, 0.25) is 10.0 Å². The lowest BCUT2D eigenvalue weighted by atomic mass is 10.2. The highest BCUT2D eigenvalue weighted by Gasteiger charge is 2.19. The predicted octanol–water partition coefficient (Wildman–Crippen LogP) is 4.23.